The maximum absolute atomic E-state index is 12.6. The van der Waals surface area contributed by atoms with Crippen molar-refractivity contribution in [2.24, 2.45) is 0 Å². The molecule has 148 valence electrons. The third-order valence-corrected chi connectivity index (χ3v) is 4.43. The van der Waals surface area contributed by atoms with Crippen LogP contribution in [0.4, 0.5) is 13.2 Å². The molecule has 1 aromatic rings. The van der Waals surface area contributed by atoms with Gasteiger partial charge in [0.05, 0.1) is 5.56 Å². The summed E-state index contributed by atoms with van der Waals surface area (Å²) in [5.41, 5.74) is -4.70. The highest BCUT2D eigenvalue weighted by molar-refractivity contribution is 8.00. The van der Waals surface area contributed by atoms with Crippen LogP contribution in [-0.2, 0) is 9.59 Å². The van der Waals surface area contributed by atoms with Crippen molar-refractivity contribution in [3.05, 3.63) is 23.9 Å². The zero-order valence-corrected chi connectivity index (χ0v) is 15.6. The van der Waals surface area contributed by atoms with E-state index in [4.69, 9.17) is 0 Å². The first-order valence-electron chi connectivity index (χ1n) is 8.18. The number of pyridine rings is 1. The molecule has 0 aliphatic carbocycles. The number of halogens is 3. The van der Waals surface area contributed by atoms with E-state index in [0.29, 0.717) is 0 Å². The van der Waals surface area contributed by atoms with Crippen molar-refractivity contribution in [2.45, 2.75) is 30.4 Å². The Labute approximate surface area is 158 Å². The normalized spacial score (nSPS) is 15.0. The number of amides is 3. The first-order chi connectivity index (χ1) is 12.6. The smallest absolute Gasteiger partial charge is 0.346 e. The van der Waals surface area contributed by atoms with E-state index in [9.17, 15) is 27.6 Å². The van der Waals surface area contributed by atoms with Gasteiger partial charge in [-0.25, -0.2) is 4.98 Å². The summed E-state index contributed by atoms with van der Waals surface area (Å²) in [7, 11) is 0. The Morgan fingerprint density at radius 3 is 2.30 bits per heavy atom. The summed E-state index contributed by atoms with van der Waals surface area (Å²) in [6.07, 6.45) is 1.19. The van der Waals surface area contributed by atoms with Crippen LogP contribution in [0.2, 0.25) is 0 Å². The molecular weight excluding hydrogens is 385 g/mol. The van der Waals surface area contributed by atoms with Crippen LogP contribution in [0.25, 0.3) is 0 Å². The van der Waals surface area contributed by atoms with Crippen molar-refractivity contribution in [1.82, 2.24) is 20.1 Å². The van der Waals surface area contributed by atoms with Crippen molar-refractivity contribution in [1.29, 1.82) is 0 Å². The number of nitrogens with one attached hydrogen (secondary N) is 1. The van der Waals surface area contributed by atoms with Crippen molar-refractivity contribution in [3.63, 3.8) is 0 Å². The van der Waals surface area contributed by atoms with E-state index in [1.54, 1.807) is 13.8 Å². The molecule has 2 heterocycles. The van der Waals surface area contributed by atoms with Gasteiger partial charge in [0.1, 0.15) is 5.03 Å². The number of piperazine rings is 1. The Kier molecular flexibility index (Phi) is 6.68. The van der Waals surface area contributed by atoms with Gasteiger partial charge in [0, 0.05) is 50.2 Å². The third kappa shape index (κ3) is 5.84. The summed E-state index contributed by atoms with van der Waals surface area (Å²) in [6.45, 7) is 3.93. The lowest BCUT2D eigenvalue weighted by Gasteiger charge is -2.34. The minimum Gasteiger partial charge on any atom is -0.346 e. The highest BCUT2D eigenvalue weighted by Crippen LogP contribution is 2.37. The SMILES string of the molecule is CC(C)NC(=O)C(=O)N1CCN(C(=O)c2cccnc2SC(F)(F)F)CC1. The van der Waals surface area contributed by atoms with Gasteiger partial charge in [-0.3, -0.25) is 14.4 Å². The second-order valence-electron chi connectivity index (χ2n) is 6.12. The second-order valence-corrected chi connectivity index (χ2v) is 7.17. The average molecular weight is 404 g/mol. The molecule has 27 heavy (non-hydrogen) atoms. The van der Waals surface area contributed by atoms with Crippen molar-refractivity contribution in [3.8, 4) is 0 Å². The lowest BCUT2D eigenvalue weighted by atomic mass is 10.2. The number of thioether (sulfide) groups is 1. The van der Waals surface area contributed by atoms with E-state index in [0.717, 1.165) is 0 Å². The molecule has 0 bridgehead atoms. The summed E-state index contributed by atoms with van der Waals surface area (Å²) in [6, 6.07) is 2.50. The molecule has 1 N–H and O–H groups in total. The van der Waals surface area contributed by atoms with Crippen LogP contribution in [0.1, 0.15) is 24.2 Å². The Morgan fingerprint density at radius 1 is 1.15 bits per heavy atom. The lowest BCUT2D eigenvalue weighted by molar-refractivity contribution is -0.147. The van der Waals surface area contributed by atoms with Crippen LogP contribution >= 0.6 is 11.8 Å². The first-order valence-corrected chi connectivity index (χ1v) is 9.00. The lowest BCUT2D eigenvalue weighted by Crippen LogP contribution is -2.54. The van der Waals surface area contributed by atoms with Crippen LogP contribution in [0.5, 0.6) is 0 Å². The predicted octanol–water partition coefficient (Wildman–Crippen LogP) is 1.50. The number of hydrogen-bond donors (Lipinski definition) is 1. The number of alkyl halides is 3. The Bertz CT molecular complexity index is 719. The van der Waals surface area contributed by atoms with Crippen LogP contribution in [0.3, 0.4) is 0 Å². The Balaban J connectivity index is 2.01. The summed E-state index contributed by atoms with van der Waals surface area (Å²) in [4.78, 5) is 42.7. The molecule has 0 unspecified atom stereocenters. The molecule has 1 aromatic heterocycles. The van der Waals surface area contributed by atoms with Gasteiger partial charge in [0.2, 0.25) is 0 Å². The largest absolute Gasteiger partial charge is 0.447 e. The molecule has 0 atom stereocenters. The van der Waals surface area contributed by atoms with E-state index < -0.39 is 40.0 Å². The molecule has 0 spiro atoms. The van der Waals surface area contributed by atoms with Gasteiger partial charge < -0.3 is 15.1 Å². The Hall–Kier alpha value is -2.30. The fourth-order valence-electron chi connectivity index (χ4n) is 2.50. The molecule has 1 aliphatic heterocycles. The summed E-state index contributed by atoms with van der Waals surface area (Å²) in [5, 5.41) is 2.09. The highest BCUT2D eigenvalue weighted by Gasteiger charge is 2.34. The number of carbonyl (C=O) groups is 3. The molecule has 1 aliphatic rings. The highest BCUT2D eigenvalue weighted by atomic mass is 32.2. The number of rotatable bonds is 3. The van der Waals surface area contributed by atoms with Crippen LogP contribution in [0, 0.1) is 0 Å². The predicted molar refractivity (Wildman–Crippen MR) is 91.9 cm³/mol. The van der Waals surface area contributed by atoms with Gasteiger partial charge >= 0.3 is 17.3 Å². The zero-order chi connectivity index (χ0) is 20.2. The van der Waals surface area contributed by atoms with Crippen molar-refractivity contribution in [2.75, 3.05) is 26.2 Å². The Morgan fingerprint density at radius 2 is 1.74 bits per heavy atom. The van der Waals surface area contributed by atoms with Gasteiger partial charge in [0.25, 0.3) is 5.91 Å². The van der Waals surface area contributed by atoms with E-state index >= 15 is 0 Å². The first kappa shape index (κ1) is 21.0. The number of nitrogens with zero attached hydrogens (tertiary/aromatic N) is 3. The van der Waals surface area contributed by atoms with Gasteiger partial charge in [0.15, 0.2) is 0 Å². The second kappa shape index (κ2) is 8.59. The number of aromatic nitrogens is 1. The van der Waals surface area contributed by atoms with E-state index in [1.165, 1.54) is 28.1 Å². The molecular formula is C16H19F3N4O3S. The molecule has 3 amide bonds. The molecule has 11 heteroatoms. The van der Waals surface area contributed by atoms with Crippen LogP contribution < -0.4 is 5.32 Å². The van der Waals surface area contributed by atoms with Crippen LogP contribution in [-0.4, -0.2) is 70.2 Å². The summed E-state index contributed by atoms with van der Waals surface area (Å²) in [5.74, 6) is -2.00. The minimum atomic E-state index is -4.56. The van der Waals surface area contributed by atoms with Crippen molar-refractivity contribution >= 4 is 29.5 Å². The van der Waals surface area contributed by atoms with Gasteiger partial charge in [-0.15, -0.1) is 0 Å². The average Bonchev–Trinajstić information content (AvgIpc) is 2.59. The summed E-state index contributed by atoms with van der Waals surface area (Å²) < 4.78 is 37.9. The molecule has 2 rings (SSSR count). The quantitative estimate of drug-likeness (QED) is 0.610. The molecule has 0 aromatic carbocycles. The monoisotopic (exact) mass is 404 g/mol. The minimum absolute atomic E-state index is 0.116. The fraction of sp³-hybridized carbons (Fsp3) is 0.500. The maximum Gasteiger partial charge on any atom is 0.447 e. The fourth-order valence-corrected chi connectivity index (χ4v) is 3.09. The van der Waals surface area contributed by atoms with Gasteiger partial charge in [-0.2, -0.15) is 13.2 Å². The van der Waals surface area contributed by atoms with E-state index in [1.807, 2.05) is 0 Å². The van der Waals surface area contributed by atoms with Crippen LogP contribution in [0.15, 0.2) is 23.4 Å². The third-order valence-electron chi connectivity index (χ3n) is 3.68. The topological polar surface area (TPSA) is 82.6 Å². The van der Waals surface area contributed by atoms with Crippen molar-refractivity contribution < 1.29 is 27.6 Å². The molecule has 1 saturated heterocycles. The molecule has 7 nitrogen and oxygen atoms in total. The zero-order valence-electron chi connectivity index (χ0n) is 14.7. The molecule has 0 saturated carbocycles. The molecule has 0 radical (unpaired) electrons. The number of carbonyl (C=O) groups excluding carboxylic acids is 3. The van der Waals surface area contributed by atoms with Gasteiger partial charge in [-0.05, 0) is 26.0 Å². The standard InChI is InChI=1S/C16H19F3N4O3S/c1-10(2)21-12(24)15(26)23-8-6-22(7-9-23)14(25)11-4-3-5-20-13(11)27-16(17,18)19/h3-5,10H,6-9H2,1-2H3,(H,21,24). The molecule has 1 fully saturated rings. The van der Waals surface area contributed by atoms with E-state index in [2.05, 4.69) is 10.3 Å². The van der Waals surface area contributed by atoms with E-state index in [-0.39, 0.29) is 37.8 Å². The van der Waals surface area contributed by atoms with Gasteiger partial charge in [-0.1, -0.05) is 0 Å². The maximum atomic E-state index is 12.6. The number of hydrogen-bond acceptors (Lipinski definition) is 5. The summed E-state index contributed by atoms with van der Waals surface area (Å²) >= 11 is -0.441.